The van der Waals surface area contributed by atoms with Crippen molar-refractivity contribution >= 4 is 12.1 Å². The van der Waals surface area contributed by atoms with Crippen LogP contribution in [0, 0.1) is 5.82 Å². The summed E-state index contributed by atoms with van der Waals surface area (Å²) in [6, 6.07) is 16.4. The zero-order chi connectivity index (χ0) is 25.0. The van der Waals surface area contributed by atoms with E-state index in [0.717, 1.165) is 0 Å². The molecular formula is C27H27FN2O5. The number of hydrogen-bond donors (Lipinski definition) is 1. The van der Waals surface area contributed by atoms with Crippen LogP contribution in [0.2, 0.25) is 0 Å². The fourth-order valence-electron chi connectivity index (χ4n) is 3.07. The highest BCUT2D eigenvalue weighted by Gasteiger charge is 2.11. The number of ether oxygens (including phenoxy) is 4. The fraction of sp³-hybridized carbons (Fsp3) is 0.185. The Bertz CT molecular complexity index is 1200. The van der Waals surface area contributed by atoms with Gasteiger partial charge in [0.25, 0.3) is 5.91 Å². The minimum atomic E-state index is -0.412. The molecule has 0 fully saturated rings. The lowest BCUT2D eigenvalue weighted by molar-refractivity contribution is 0.0954. The Labute approximate surface area is 203 Å². The summed E-state index contributed by atoms with van der Waals surface area (Å²) in [6.45, 7) is 6.26. The summed E-state index contributed by atoms with van der Waals surface area (Å²) in [4.78, 5) is 12.5. The van der Waals surface area contributed by atoms with Crippen LogP contribution in [-0.2, 0) is 6.61 Å². The van der Waals surface area contributed by atoms with Crippen LogP contribution in [0.4, 0.5) is 4.39 Å². The molecule has 0 atom stereocenters. The second kappa shape index (κ2) is 12.8. The van der Waals surface area contributed by atoms with Gasteiger partial charge in [-0.15, -0.1) is 0 Å². The largest absolute Gasteiger partial charge is 0.493 e. The molecule has 0 radical (unpaired) electrons. The van der Waals surface area contributed by atoms with E-state index in [9.17, 15) is 9.18 Å². The lowest BCUT2D eigenvalue weighted by Crippen LogP contribution is -2.17. The van der Waals surface area contributed by atoms with E-state index in [1.54, 1.807) is 60.7 Å². The van der Waals surface area contributed by atoms with Gasteiger partial charge in [0.15, 0.2) is 23.0 Å². The van der Waals surface area contributed by atoms with Crippen LogP contribution in [0.3, 0.4) is 0 Å². The highest BCUT2D eigenvalue weighted by molar-refractivity contribution is 5.95. The number of halogens is 1. The van der Waals surface area contributed by atoms with Gasteiger partial charge in [0.2, 0.25) is 0 Å². The molecule has 7 nitrogen and oxygen atoms in total. The summed E-state index contributed by atoms with van der Waals surface area (Å²) in [5, 5.41) is 4.03. The smallest absolute Gasteiger partial charge is 0.271 e. The van der Waals surface area contributed by atoms with Gasteiger partial charge in [0, 0.05) is 11.1 Å². The van der Waals surface area contributed by atoms with Crippen molar-refractivity contribution < 1.29 is 28.1 Å². The van der Waals surface area contributed by atoms with Crippen molar-refractivity contribution in [3.05, 3.63) is 95.8 Å². The number of benzene rings is 3. The molecule has 3 aromatic carbocycles. The molecule has 3 rings (SSSR count). The van der Waals surface area contributed by atoms with Gasteiger partial charge in [-0.25, -0.2) is 9.82 Å². The van der Waals surface area contributed by atoms with Crippen molar-refractivity contribution in [1.29, 1.82) is 0 Å². The van der Waals surface area contributed by atoms with Crippen molar-refractivity contribution in [3.8, 4) is 23.0 Å². The number of hydrazone groups is 1. The number of nitrogens with one attached hydrogen (secondary N) is 1. The van der Waals surface area contributed by atoms with E-state index < -0.39 is 5.91 Å². The number of carbonyl (C=O) groups excluding carboxylic acids is 1. The first-order chi connectivity index (χ1) is 17.0. The number of rotatable bonds is 12. The van der Waals surface area contributed by atoms with Gasteiger partial charge in [-0.2, -0.15) is 5.10 Å². The van der Waals surface area contributed by atoms with Crippen LogP contribution in [-0.4, -0.2) is 32.4 Å². The molecule has 0 aromatic heterocycles. The van der Waals surface area contributed by atoms with Gasteiger partial charge in [-0.3, -0.25) is 4.79 Å². The number of hydrogen-bond acceptors (Lipinski definition) is 6. The number of carbonyl (C=O) groups is 1. The van der Waals surface area contributed by atoms with Gasteiger partial charge in [-0.1, -0.05) is 30.9 Å². The molecule has 0 aliphatic carbocycles. The zero-order valence-corrected chi connectivity index (χ0v) is 19.6. The third-order valence-corrected chi connectivity index (χ3v) is 4.77. The minimum absolute atomic E-state index is 0.0666. The molecule has 182 valence electrons. The van der Waals surface area contributed by atoms with E-state index in [1.165, 1.54) is 19.4 Å². The molecule has 3 aromatic rings. The van der Waals surface area contributed by atoms with E-state index in [4.69, 9.17) is 18.9 Å². The second-order valence-corrected chi connectivity index (χ2v) is 7.18. The highest BCUT2D eigenvalue weighted by atomic mass is 19.1. The lowest BCUT2D eigenvalue weighted by atomic mass is 10.2. The van der Waals surface area contributed by atoms with E-state index in [1.807, 2.05) is 6.92 Å². The molecule has 0 saturated heterocycles. The Morgan fingerprint density at radius 3 is 2.51 bits per heavy atom. The van der Waals surface area contributed by atoms with Crippen molar-refractivity contribution in [2.45, 2.75) is 13.5 Å². The molecule has 0 heterocycles. The Morgan fingerprint density at radius 1 is 1.00 bits per heavy atom. The summed E-state index contributed by atoms with van der Waals surface area (Å²) in [6.07, 6.45) is 3.10. The van der Waals surface area contributed by atoms with Crippen LogP contribution in [0.25, 0.3) is 0 Å². The maximum atomic E-state index is 13.9. The van der Waals surface area contributed by atoms with Crippen molar-refractivity contribution in [1.82, 2.24) is 5.43 Å². The van der Waals surface area contributed by atoms with E-state index >= 15 is 0 Å². The summed E-state index contributed by atoms with van der Waals surface area (Å²) in [5.41, 5.74) is 3.97. The predicted molar refractivity (Wildman–Crippen MR) is 132 cm³/mol. The van der Waals surface area contributed by atoms with Crippen molar-refractivity contribution in [3.63, 3.8) is 0 Å². The zero-order valence-electron chi connectivity index (χ0n) is 19.6. The molecule has 0 unspecified atom stereocenters. The first-order valence-electron chi connectivity index (χ1n) is 10.9. The molecule has 0 bridgehead atoms. The molecule has 0 aliphatic rings. The number of nitrogens with zero attached hydrogens (tertiary/aromatic N) is 1. The average Bonchev–Trinajstić information content (AvgIpc) is 2.87. The first-order valence-corrected chi connectivity index (χ1v) is 10.9. The Kier molecular flexibility index (Phi) is 9.24. The van der Waals surface area contributed by atoms with Gasteiger partial charge in [-0.05, 0) is 55.0 Å². The Balaban J connectivity index is 1.66. The van der Waals surface area contributed by atoms with E-state index in [0.29, 0.717) is 52.9 Å². The third-order valence-electron chi connectivity index (χ3n) is 4.77. The fourth-order valence-corrected chi connectivity index (χ4v) is 3.07. The van der Waals surface area contributed by atoms with Crippen molar-refractivity contribution in [2.24, 2.45) is 5.10 Å². The molecule has 0 aliphatic heterocycles. The summed E-state index contributed by atoms with van der Waals surface area (Å²) in [5.74, 6) is 1.15. The monoisotopic (exact) mass is 478 g/mol. The molecule has 8 heteroatoms. The van der Waals surface area contributed by atoms with Gasteiger partial charge < -0.3 is 18.9 Å². The molecule has 0 spiro atoms. The van der Waals surface area contributed by atoms with Crippen LogP contribution in [0.1, 0.15) is 28.4 Å². The summed E-state index contributed by atoms with van der Waals surface area (Å²) < 4.78 is 36.1. The highest BCUT2D eigenvalue weighted by Crippen LogP contribution is 2.30. The first kappa shape index (κ1) is 25.3. The lowest BCUT2D eigenvalue weighted by Gasteiger charge is -2.13. The maximum Gasteiger partial charge on any atom is 0.271 e. The Morgan fingerprint density at radius 2 is 1.77 bits per heavy atom. The minimum Gasteiger partial charge on any atom is -0.493 e. The van der Waals surface area contributed by atoms with Crippen LogP contribution in [0.15, 0.2) is 78.4 Å². The van der Waals surface area contributed by atoms with Gasteiger partial charge in [0.1, 0.15) is 19.0 Å². The third kappa shape index (κ3) is 7.07. The van der Waals surface area contributed by atoms with Crippen LogP contribution >= 0.6 is 0 Å². The average molecular weight is 479 g/mol. The quantitative estimate of drug-likeness (QED) is 0.222. The predicted octanol–water partition coefficient (Wildman–Crippen LogP) is 5.14. The second-order valence-electron chi connectivity index (χ2n) is 7.18. The molecule has 1 amide bonds. The van der Waals surface area contributed by atoms with Crippen molar-refractivity contribution in [2.75, 3.05) is 20.3 Å². The topological polar surface area (TPSA) is 78.4 Å². The molecule has 35 heavy (non-hydrogen) atoms. The SMILES string of the molecule is C=CCOc1ccc(C(=O)N/N=C/c2ccc(OCc3ccccc3F)c(OCC)c2)cc1OC. The van der Waals surface area contributed by atoms with Crippen LogP contribution in [0.5, 0.6) is 23.0 Å². The summed E-state index contributed by atoms with van der Waals surface area (Å²) >= 11 is 0. The Hall–Kier alpha value is -4.33. The summed E-state index contributed by atoms with van der Waals surface area (Å²) in [7, 11) is 1.50. The number of methoxy groups -OCH3 is 1. The maximum absolute atomic E-state index is 13.9. The number of amides is 1. The standard InChI is InChI=1S/C27H27FN2O5/c1-4-14-34-23-13-11-20(16-25(23)32-3)27(31)30-29-17-19-10-12-24(26(15-19)33-5-2)35-18-21-8-6-7-9-22(21)28/h4,6-13,15-17H,1,5,14,18H2,2-3H3,(H,30,31)/b29-17+. The van der Waals surface area contributed by atoms with E-state index in [-0.39, 0.29) is 12.4 Å². The van der Waals surface area contributed by atoms with Gasteiger partial charge >= 0.3 is 0 Å². The molecule has 0 saturated carbocycles. The van der Waals surface area contributed by atoms with Gasteiger partial charge in [0.05, 0.1) is 19.9 Å². The van der Waals surface area contributed by atoms with Crippen LogP contribution < -0.4 is 24.4 Å². The normalized spacial score (nSPS) is 10.6. The molecular weight excluding hydrogens is 451 g/mol. The molecule has 1 N–H and O–H groups in total. The van der Waals surface area contributed by atoms with E-state index in [2.05, 4.69) is 17.1 Å².